The Hall–Kier alpha value is -1.84. The molecule has 0 aliphatic carbocycles. The number of hydrogen-bond donors (Lipinski definition) is 0. The summed E-state index contributed by atoms with van der Waals surface area (Å²) < 4.78 is 1.98. The van der Waals surface area contributed by atoms with E-state index in [1.165, 1.54) is 0 Å². The molecular formula is C11H13N4+. The monoisotopic (exact) mass is 201 g/mol. The van der Waals surface area contributed by atoms with E-state index in [0.717, 1.165) is 23.0 Å². The number of pyridine rings is 1. The van der Waals surface area contributed by atoms with Gasteiger partial charge in [0.2, 0.25) is 0 Å². The minimum absolute atomic E-state index is 0.737. The highest BCUT2D eigenvalue weighted by molar-refractivity contribution is 5.52. The summed E-state index contributed by atoms with van der Waals surface area (Å²) in [5, 5.41) is 0. The van der Waals surface area contributed by atoms with Gasteiger partial charge in [0.05, 0.1) is 0 Å². The molecule has 0 N–H and O–H groups in total. The fourth-order valence-corrected chi connectivity index (χ4v) is 1.39. The minimum atomic E-state index is 0.737. The highest BCUT2D eigenvalue weighted by Gasteiger charge is 2.04. The Morgan fingerprint density at radius 2 is 1.47 bits per heavy atom. The maximum Gasteiger partial charge on any atom is 0.169 e. The van der Waals surface area contributed by atoms with E-state index >= 15 is 0 Å². The summed E-state index contributed by atoms with van der Waals surface area (Å²) in [7, 11) is 1.98. The molecular weight excluding hydrogens is 188 g/mol. The molecule has 0 spiro atoms. The van der Waals surface area contributed by atoms with Crippen molar-refractivity contribution in [1.29, 1.82) is 0 Å². The maximum absolute atomic E-state index is 4.30. The Morgan fingerprint density at radius 3 is 2.00 bits per heavy atom. The molecule has 0 aromatic carbocycles. The second-order valence-corrected chi connectivity index (χ2v) is 3.51. The zero-order chi connectivity index (χ0) is 10.8. The van der Waals surface area contributed by atoms with Gasteiger partial charge in [-0.15, -0.1) is 0 Å². The Bertz CT molecular complexity index is 456. The summed E-state index contributed by atoms with van der Waals surface area (Å²) in [5.74, 6) is 2.25. The van der Waals surface area contributed by atoms with Crippen molar-refractivity contribution in [1.82, 2.24) is 15.0 Å². The van der Waals surface area contributed by atoms with E-state index < -0.39 is 0 Å². The third kappa shape index (κ3) is 2.15. The molecule has 2 heterocycles. The lowest BCUT2D eigenvalue weighted by molar-refractivity contribution is -0.671. The predicted molar refractivity (Wildman–Crippen MR) is 55.9 cm³/mol. The Balaban J connectivity index is 2.49. The van der Waals surface area contributed by atoms with Crippen LogP contribution in [0.1, 0.15) is 11.6 Å². The zero-order valence-electron chi connectivity index (χ0n) is 9.10. The second-order valence-electron chi connectivity index (χ2n) is 3.51. The molecule has 15 heavy (non-hydrogen) atoms. The van der Waals surface area contributed by atoms with Crippen LogP contribution in [0.2, 0.25) is 0 Å². The van der Waals surface area contributed by atoms with Crippen LogP contribution >= 0.6 is 0 Å². The van der Waals surface area contributed by atoms with Crippen LogP contribution in [0.15, 0.2) is 24.5 Å². The molecule has 0 bridgehead atoms. The molecule has 76 valence electrons. The number of aromatic nitrogens is 4. The molecule has 0 aliphatic heterocycles. The minimum Gasteiger partial charge on any atom is -0.219 e. The van der Waals surface area contributed by atoms with Crippen LogP contribution in [-0.4, -0.2) is 15.0 Å². The van der Waals surface area contributed by atoms with Gasteiger partial charge in [0.15, 0.2) is 18.2 Å². The van der Waals surface area contributed by atoms with Gasteiger partial charge in [0.25, 0.3) is 0 Å². The standard InChI is InChI=1S/C11H13N4/c1-8-12-9(2)14-11(13-8)10-4-6-15(3)7-5-10/h4-7H,1-3H3/q+1. The largest absolute Gasteiger partial charge is 0.219 e. The molecule has 2 aromatic rings. The second kappa shape index (κ2) is 3.73. The zero-order valence-corrected chi connectivity index (χ0v) is 9.10. The first kappa shape index (κ1) is 9.71. The van der Waals surface area contributed by atoms with Gasteiger partial charge in [0.1, 0.15) is 18.7 Å². The van der Waals surface area contributed by atoms with Crippen LogP contribution < -0.4 is 4.57 Å². The number of rotatable bonds is 1. The Labute approximate surface area is 88.7 Å². The van der Waals surface area contributed by atoms with Crippen molar-refractivity contribution in [3.8, 4) is 11.4 Å². The van der Waals surface area contributed by atoms with Crippen LogP contribution in [0, 0.1) is 13.8 Å². The molecule has 0 unspecified atom stereocenters. The molecule has 4 heteroatoms. The van der Waals surface area contributed by atoms with Crippen molar-refractivity contribution in [3.05, 3.63) is 36.2 Å². The van der Waals surface area contributed by atoms with E-state index in [9.17, 15) is 0 Å². The van der Waals surface area contributed by atoms with Crippen molar-refractivity contribution >= 4 is 0 Å². The van der Waals surface area contributed by atoms with Gasteiger partial charge < -0.3 is 0 Å². The van der Waals surface area contributed by atoms with Crippen molar-refractivity contribution in [2.24, 2.45) is 7.05 Å². The van der Waals surface area contributed by atoms with Gasteiger partial charge in [0, 0.05) is 17.7 Å². The van der Waals surface area contributed by atoms with E-state index in [1.807, 2.05) is 50.0 Å². The molecule has 2 rings (SSSR count). The van der Waals surface area contributed by atoms with Crippen LogP contribution in [0.5, 0.6) is 0 Å². The molecule has 0 atom stereocenters. The molecule has 0 fully saturated rings. The van der Waals surface area contributed by atoms with Crippen LogP contribution in [-0.2, 0) is 7.05 Å². The quantitative estimate of drug-likeness (QED) is 0.646. The molecule has 0 saturated carbocycles. The van der Waals surface area contributed by atoms with Crippen molar-refractivity contribution in [3.63, 3.8) is 0 Å². The summed E-state index contributed by atoms with van der Waals surface area (Å²) >= 11 is 0. The first-order valence-corrected chi connectivity index (χ1v) is 4.80. The summed E-state index contributed by atoms with van der Waals surface area (Å²) in [6.45, 7) is 3.75. The van der Waals surface area contributed by atoms with Gasteiger partial charge in [-0.3, -0.25) is 0 Å². The lowest BCUT2D eigenvalue weighted by atomic mass is 10.2. The van der Waals surface area contributed by atoms with Gasteiger partial charge in [-0.25, -0.2) is 19.5 Å². The normalized spacial score (nSPS) is 10.3. The van der Waals surface area contributed by atoms with E-state index in [4.69, 9.17) is 0 Å². The molecule has 0 radical (unpaired) electrons. The summed E-state index contributed by atoms with van der Waals surface area (Å²) in [4.78, 5) is 12.8. The molecule has 4 nitrogen and oxygen atoms in total. The third-order valence-electron chi connectivity index (χ3n) is 2.10. The van der Waals surface area contributed by atoms with Crippen LogP contribution in [0.25, 0.3) is 11.4 Å². The predicted octanol–water partition coefficient (Wildman–Crippen LogP) is 0.980. The lowest BCUT2D eigenvalue weighted by Crippen LogP contribution is -2.25. The molecule has 0 saturated heterocycles. The fourth-order valence-electron chi connectivity index (χ4n) is 1.39. The van der Waals surface area contributed by atoms with Crippen LogP contribution in [0.3, 0.4) is 0 Å². The van der Waals surface area contributed by atoms with E-state index in [2.05, 4.69) is 15.0 Å². The fraction of sp³-hybridized carbons (Fsp3) is 0.273. The average molecular weight is 201 g/mol. The summed E-state index contributed by atoms with van der Waals surface area (Å²) in [6, 6.07) is 3.99. The molecule has 2 aromatic heterocycles. The number of aryl methyl sites for hydroxylation is 3. The number of nitrogens with zero attached hydrogens (tertiary/aromatic N) is 4. The van der Waals surface area contributed by atoms with Crippen molar-refractivity contribution < 1.29 is 4.57 Å². The summed E-state index contributed by atoms with van der Waals surface area (Å²) in [6.07, 6.45) is 3.95. The number of hydrogen-bond acceptors (Lipinski definition) is 3. The van der Waals surface area contributed by atoms with Gasteiger partial charge in [-0.2, -0.15) is 0 Å². The maximum atomic E-state index is 4.30. The summed E-state index contributed by atoms with van der Waals surface area (Å²) in [5.41, 5.74) is 1.02. The molecule has 0 aliphatic rings. The SMILES string of the molecule is Cc1nc(C)nc(-c2cc[n+](C)cc2)n1. The smallest absolute Gasteiger partial charge is 0.169 e. The first-order chi connectivity index (χ1) is 7.15. The lowest BCUT2D eigenvalue weighted by Gasteiger charge is -2.01. The van der Waals surface area contributed by atoms with Gasteiger partial charge >= 0.3 is 0 Å². The highest BCUT2D eigenvalue weighted by atomic mass is 15.0. The highest BCUT2D eigenvalue weighted by Crippen LogP contribution is 2.12. The van der Waals surface area contributed by atoms with E-state index in [0.29, 0.717) is 0 Å². The Kier molecular flexibility index (Phi) is 2.41. The first-order valence-electron chi connectivity index (χ1n) is 4.80. The van der Waals surface area contributed by atoms with Crippen LogP contribution in [0.4, 0.5) is 0 Å². The van der Waals surface area contributed by atoms with E-state index in [-0.39, 0.29) is 0 Å². The third-order valence-corrected chi connectivity index (χ3v) is 2.10. The molecule has 0 amide bonds. The average Bonchev–Trinajstić information content (AvgIpc) is 2.17. The van der Waals surface area contributed by atoms with E-state index in [1.54, 1.807) is 0 Å². The van der Waals surface area contributed by atoms with Crippen molar-refractivity contribution in [2.75, 3.05) is 0 Å². The topological polar surface area (TPSA) is 42.5 Å². The van der Waals surface area contributed by atoms with Gasteiger partial charge in [-0.05, 0) is 13.8 Å². The van der Waals surface area contributed by atoms with Gasteiger partial charge in [-0.1, -0.05) is 0 Å². The van der Waals surface area contributed by atoms with Crippen molar-refractivity contribution in [2.45, 2.75) is 13.8 Å². The Morgan fingerprint density at radius 1 is 0.933 bits per heavy atom.